The Bertz CT molecular complexity index is 534. The van der Waals surface area contributed by atoms with Gasteiger partial charge in [0.05, 0.1) is 0 Å². The van der Waals surface area contributed by atoms with Gasteiger partial charge in [0.1, 0.15) is 0 Å². The summed E-state index contributed by atoms with van der Waals surface area (Å²) in [4.78, 5) is 3.86. The Morgan fingerprint density at radius 1 is 1.20 bits per heavy atom. The first-order chi connectivity index (χ1) is 9.67. The maximum absolute atomic E-state index is 6.09. The number of hydrogen-bond acceptors (Lipinski definition) is 3. The topological polar surface area (TPSA) is 29.3 Å². The molecule has 1 unspecified atom stereocenters. The molecule has 1 atom stereocenters. The summed E-state index contributed by atoms with van der Waals surface area (Å²) in [6.07, 6.45) is 0. The third-order valence-corrected chi connectivity index (χ3v) is 4.88. The molecular weight excluding hydrogens is 264 g/mol. The van der Waals surface area contributed by atoms with E-state index in [-0.39, 0.29) is 0 Å². The Labute approximate surface area is 126 Å². The van der Waals surface area contributed by atoms with Gasteiger partial charge in [-0.15, -0.1) is 11.3 Å². The fraction of sp³-hybridized carbons (Fsp3) is 0.412. The second kappa shape index (κ2) is 7.02. The lowest BCUT2D eigenvalue weighted by Gasteiger charge is -2.31. The van der Waals surface area contributed by atoms with Crippen LogP contribution in [0.3, 0.4) is 0 Å². The summed E-state index contributed by atoms with van der Waals surface area (Å²) in [6.45, 7) is 9.22. The van der Waals surface area contributed by atoms with Gasteiger partial charge in [-0.25, -0.2) is 0 Å². The highest BCUT2D eigenvalue weighted by Crippen LogP contribution is 2.27. The van der Waals surface area contributed by atoms with Crippen LogP contribution in [0, 0.1) is 13.8 Å². The van der Waals surface area contributed by atoms with Crippen LogP contribution < -0.4 is 5.73 Å². The monoisotopic (exact) mass is 288 g/mol. The minimum Gasteiger partial charge on any atom is -0.329 e. The molecule has 2 N–H and O–H groups in total. The standard InChI is InChI=1S/C17H24N2S/c1-4-19(12-15-8-6-10-20-15)17(11-18)16-9-5-7-13(2)14(16)3/h5-10,17H,4,11-12,18H2,1-3H3. The van der Waals surface area contributed by atoms with Crippen molar-refractivity contribution in [2.75, 3.05) is 13.1 Å². The van der Waals surface area contributed by atoms with Crippen LogP contribution in [0.1, 0.15) is 34.5 Å². The highest BCUT2D eigenvalue weighted by atomic mass is 32.1. The van der Waals surface area contributed by atoms with Crippen molar-refractivity contribution >= 4 is 11.3 Å². The van der Waals surface area contributed by atoms with Crippen LogP contribution in [-0.2, 0) is 6.54 Å². The third-order valence-electron chi connectivity index (χ3n) is 4.01. The summed E-state index contributed by atoms with van der Waals surface area (Å²) in [7, 11) is 0. The fourth-order valence-corrected chi connectivity index (χ4v) is 3.38. The molecule has 3 heteroatoms. The number of hydrogen-bond donors (Lipinski definition) is 1. The summed E-state index contributed by atoms with van der Waals surface area (Å²) >= 11 is 1.81. The van der Waals surface area contributed by atoms with Gasteiger partial charge >= 0.3 is 0 Å². The van der Waals surface area contributed by atoms with Gasteiger partial charge in [-0.1, -0.05) is 31.2 Å². The zero-order chi connectivity index (χ0) is 14.5. The number of rotatable bonds is 6. The van der Waals surface area contributed by atoms with E-state index < -0.39 is 0 Å². The van der Waals surface area contributed by atoms with Gasteiger partial charge in [0.2, 0.25) is 0 Å². The lowest BCUT2D eigenvalue weighted by atomic mass is 9.96. The molecule has 1 heterocycles. The van der Waals surface area contributed by atoms with Crippen molar-refractivity contribution in [3.05, 3.63) is 57.3 Å². The summed E-state index contributed by atoms with van der Waals surface area (Å²) in [5, 5.41) is 2.14. The van der Waals surface area contributed by atoms with Crippen LogP contribution in [0.25, 0.3) is 0 Å². The van der Waals surface area contributed by atoms with Gasteiger partial charge < -0.3 is 5.73 Å². The average Bonchev–Trinajstić information content (AvgIpc) is 2.96. The van der Waals surface area contributed by atoms with Gasteiger partial charge in [-0.2, -0.15) is 0 Å². The summed E-state index contributed by atoms with van der Waals surface area (Å²) in [5.74, 6) is 0. The number of aryl methyl sites for hydroxylation is 1. The number of nitrogens with zero attached hydrogens (tertiary/aromatic N) is 1. The predicted molar refractivity (Wildman–Crippen MR) is 88.1 cm³/mol. The second-order valence-electron chi connectivity index (χ2n) is 5.18. The van der Waals surface area contributed by atoms with E-state index in [9.17, 15) is 0 Å². The zero-order valence-electron chi connectivity index (χ0n) is 12.6. The third kappa shape index (κ3) is 3.29. The summed E-state index contributed by atoms with van der Waals surface area (Å²) < 4.78 is 0. The van der Waals surface area contributed by atoms with Crippen molar-refractivity contribution in [2.45, 2.75) is 33.4 Å². The Morgan fingerprint density at radius 2 is 2.00 bits per heavy atom. The molecule has 2 rings (SSSR count). The molecule has 2 aromatic rings. The normalized spacial score (nSPS) is 12.8. The van der Waals surface area contributed by atoms with Crippen LogP contribution in [-0.4, -0.2) is 18.0 Å². The van der Waals surface area contributed by atoms with E-state index in [4.69, 9.17) is 5.73 Å². The predicted octanol–water partition coefficient (Wildman–Crippen LogP) is 3.89. The number of nitrogens with two attached hydrogens (primary N) is 1. The molecule has 0 aliphatic heterocycles. The molecule has 0 aliphatic carbocycles. The lowest BCUT2D eigenvalue weighted by molar-refractivity contribution is 0.204. The molecule has 0 saturated carbocycles. The fourth-order valence-electron chi connectivity index (χ4n) is 2.65. The van der Waals surface area contributed by atoms with E-state index >= 15 is 0 Å². The molecule has 0 bridgehead atoms. The Morgan fingerprint density at radius 3 is 2.60 bits per heavy atom. The minimum atomic E-state index is 0.294. The Kier molecular flexibility index (Phi) is 5.35. The molecule has 108 valence electrons. The number of thiophene rings is 1. The first kappa shape index (κ1) is 15.2. The molecule has 20 heavy (non-hydrogen) atoms. The van der Waals surface area contributed by atoms with Crippen LogP contribution in [0.5, 0.6) is 0 Å². The molecular formula is C17H24N2S. The second-order valence-corrected chi connectivity index (χ2v) is 6.22. The van der Waals surface area contributed by atoms with Crippen LogP contribution in [0.4, 0.5) is 0 Å². The zero-order valence-corrected chi connectivity index (χ0v) is 13.4. The Hall–Kier alpha value is -1.16. The summed E-state index contributed by atoms with van der Waals surface area (Å²) in [6, 6.07) is 11.1. The SMILES string of the molecule is CCN(Cc1cccs1)C(CN)c1cccc(C)c1C. The number of benzene rings is 1. The van der Waals surface area contributed by atoms with Crippen molar-refractivity contribution in [3.63, 3.8) is 0 Å². The van der Waals surface area contributed by atoms with Crippen LogP contribution in [0.15, 0.2) is 35.7 Å². The van der Waals surface area contributed by atoms with Crippen LogP contribution in [0.2, 0.25) is 0 Å². The average molecular weight is 288 g/mol. The van der Waals surface area contributed by atoms with E-state index in [1.807, 2.05) is 11.3 Å². The van der Waals surface area contributed by atoms with Gasteiger partial charge in [-0.05, 0) is 48.5 Å². The van der Waals surface area contributed by atoms with Gasteiger partial charge in [0, 0.05) is 24.0 Å². The van der Waals surface area contributed by atoms with Gasteiger partial charge in [0.25, 0.3) is 0 Å². The van der Waals surface area contributed by atoms with E-state index in [2.05, 4.69) is 61.4 Å². The van der Waals surface area contributed by atoms with E-state index in [1.54, 1.807) is 0 Å². The molecule has 0 radical (unpaired) electrons. The Balaban J connectivity index is 2.27. The molecule has 1 aromatic heterocycles. The van der Waals surface area contributed by atoms with E-state index in [0.717, 1.165) is 13.1 Å². The maximum atomic E-state index is 6.09. The quantitative estimate of drug-likeness (QED) is 0.874. The number of likely N-dealkylation sites (N-methyl/N-ethyl adjacent to an activating group) is 1. The largest absolute Gasteiger partial charge is 0.329 e. The molecule has 1 aromatic carbocycles. The van der Waals surface area contributed by atoms with Gasteiger partial charge in [-0.3, -0.25) is 4.90 Å². The van der Waals surface area contributed by atoms with E-state index in [1.165, 1.54) is 21.6 Å². The van der Waals surface area contributed by atoms with Crippen molar-refractivity contribution in [1.82, 2.24) is 4.90 Å². The molecule has 0 amide bonds. The van der Waals surface area contributed by atoms with Crippen molar-refractivity contribution < 1.29 is 0 Å². The smallest absolute Gasteiger partial charge is 0.0476 e. The highest BCUT2D eigenvalue weighted by Gasteiger charge is 2.20. The molecule has 0 aliphatic rings. The van der Waals surface area contributed by atoms with E-state index in [0.29, 0.717) is 12.6 Å². The van der Waals surface area contributed by atoms with Crippen molar-refractivity contribution in [3.8, 4) is 0 Å². The molecule has 0 spiro atoms. The summed E-state index contributed by atoms with van der Waals surface area (Å²) in [5.41, 5.74) is 10.2. The maximum Gasteiger partial charge on any atom is 0.0476 e. The van der Waals surface area contributed by atoms with Crippen molar-refractivity contribution in [1.29, 1.82) is 0 Å². The first-order valence-corrected chi connectivity index (χ1v) is 8.08. The highest BCUT2D eigenvalue weighted by molar-refractivity contribution is 7.09. The molecule has 0 fully saturated rings. The molecule has 2 nitrogen and oxygen atoms in total. The lowest BCUT2D eigenvalue weighted by Crippen LogP contribution is -2.33. The van der Waals surface area contributed by atoms with Crippen LogP contribution >= 0.6 is 11.3 Å². The minimum absolute atomic E-state index is 0.294. The van der Waals surface area contributed by atoms with Gasteiger partial charge in [0.15, 0.2) is 0 Å². The first-order valence-electron chi connectivity index (χ1n) is 7.20. The molecule has 0 saturated heterocycles. The van der Waals surface area contributed by atoms with Crippen molar-refractivity contribution in [2.24, 2.45) is 5.73 Å².